The average molecular weight is 356 g/mol. The van der Waals surface area contributed by atoms with E-state index in [9.17, 15) is 13.2 Å². The predicted molar refractivity (Wildman–Crippen MR) is 93.9 cm³/mol. The summed E-state index contributed by atoms with van der Waals surface area (Å²) in [5, 5.41) is 3.03. The van der Waals surface area contributed by atoms with Gasteiger partial charge in [0, 0.05) is 24.0 Å². The van der Waals surface area contributed by atoms with Crippen molar-refractivity contribution in [3.63, 3.8) is 0 Å². The standard InChI is InChI=1S/C19H15F3N4/c20-19(21,22)14-5-7-15(8-6-14)25-17-11-18(24-12-23-17)26-10-9-13-3-1-2-4-16(13)26/h1-8,11-12H,9-10H2,(H,23,24,25). The van der Waals surface area contributed by atoms with Crippen LogP contribution in [0.5, 0.6) is 0 Å². The first-order chi connectivity index (χ1) is 12.5. The van der Waals surface area contributed by atoms with Gasteiger partial charge in [-0.25, -0.2) is 9.97 Å². The largest absolute Gasteiger partial charge is 0.416 e. The fourth-order valence-corrected chi connectivity index (χ4v) is 3.03. The highest BCUT2D eigenvalue weighted by molar-refractivity contribution is 5.69. The van der Waals surface area contributed by atoms with E-state index in [1.165, 1.54) is 24.0 Å². The lowest BCUT2D eigenvalue weighted by molar-refractivity contribution is -0.137. The fraction of sp³-hybridized carbons (Fsp3) is 0.158. The van der Waals surface area contributed by atoms with Gasteiger partial charge in [0.2, 0.25) is 0 Å². The van der Waals surface area contributed by atoms with E-state index in [0.29, 0.717) is 11.5 Å². The van der Waals surface area contributed by atoms with Crippen LogP contribution in [0.25, 0.3) is 0 Å². The minimum absolute atomic E-state index is 0.527. The highest BCUT2D eigenvalue weighted by atomic mass is 19.4. The molecule has 7 heteroatoms. The lowest BCUT2D eigenvalue weighted by Gasteiger charge is -2.18. The van der Waals surface area contributed by atoms with Gasteiger partial charge in [0.05, 0.1) is 5.56 Å². The average Bonchev–Trinajstić information content (AvgIpc) is 3.06. The topological polar surface area (TPSA) is 41.0 Å². The Balaban J connectivity index is 1.55. The van der Waals surface area contributed by atoms with Crippen molar-refractivity contribution in [2.75, 3.05) is 16.8 Å². The van der Waals surface area contributed by atoms with Gasteiger partial charge in [0.15, 0.2) is 0 Å². The number of fused-ring (bicyclic) bond motifs is 1. The van der Waals surface area contributed by atoms with Crippen LogP contribution in [-0.2, 0) is 12.6 Å². The van der Waals surface area contributed by atoms with Gasteiger partial charge >= 0.3 is 6.18 Å². The minimum atomic E-state index is -4.34. The van der Waals surface area contributed by atoms with Crippen molar-refractivity contribution < 1.29 is 13.2 Å². The van der Waals surface area contributed by atoms with Crippen LogP contribution in [-0.4, -0.2) is 16.5 Å². The highest BCUT2D eigenvalue weighted by Crippen LogP contribution is 2.34. The molecule has 0 atom stereocenters. The second-order valence-electron chi connectivity index (χ2n) is 5.99. The van der Waals surface area contributed by atoms with E-state index in [1.54, 1.807) is 6.07 Å². The maximum absolute atomic E-state index is 12.6. The van der Waals surface area contributed by atoms with Gasteiger partial charge in [-0.05, 0) is 42.3 Å². The summed E-state index contributed by atoms with van der Waals surface area (Å²) >= 11 is 0. The summed E-state index contributed by atoms with van der Waals surface area (Å²) in [7, 11) is 0. The van der Waals surface area contributed by atoms with Crippen LogP contribution in [0, 0.1) is 0 Å². The van der Waals surface area contributed by atoms with Crippen molar-refractivity contribution >= 4 is 23.0 Å². The number of nitrogens with one attached hydrogen (secondary N) is 1. The van der Waals surface area contributed by atoms with Crippen LogP contribution in [0.2, 0.25) is 0 Å². The molecule has 0 amide bonds. The molecule has 0 bridgehead atoms. The van der Waals surface area contributed by atoms with E-state index >= 15 is 0 Å². The second-order valence-corrected chi connectivity index (χ2v) is 5.99. The smallest absolute Gasteiger partial charge is 0.340 e. The number of nitrogens with zero attached hydrogens (tertiary/aromatic N) is 3. The normalized spacial score (nSPS) is 13.6. The molecule has 1 aliphatic heterocycles. The van der Waals surface area contributed by atoms with E-state index < -0.39 is 11.7 Å². The van der Waals surface area contributed by atoms with Crippen molar-refractivity contribution in [3.8, 4) is 0 Å². The quantitative estimate of drug-likeness (QED) is 0.722. The first kappa shape index (κ1) is 16.4. The van der Waals surface area contributed by atoms with E-state index in [0.717, 1.165) is 36.6 Å². The molecule has 132 valence electrons. The fourth-order valence-electron chi connectivity index (χ4n) is 3.03. The molecule has 2 heterocycles. The number of para-hydroxylation sites is 1. The van der Waals surface area contributed by atoms with Crippen molar-refractivity contribution in [2.45, 2.75) is 12.6 Å². The first-order valence-electron chi connectivity index (χ1n) is 8.12. The number of hydrogen-bond donors (Lipinski definition) is 1. The molecule has 0 unspecified atom stereocenters. The molecule has 0 fully saturated rings. The predicted octanol–water partition coefficient (Wildman–Crippen LogP) is 4.93. The molecule has 0 saturated carbocycles. The third kappa shape index (κ3) is 3.20. The van der Waals surface area contributed by atoms with Crippen molar-refractivity contribution in [1.29, 1.82) is 0 Å². The highest BCUT2D eigenvalue weighted by Gasteiger charge is 2.30. The van der Waals surface area contributed by atoms with Crippen LogP contribution in [0.15, 0.2) is 60.9 Å². The summed E-state index contributed by atoms with van der Waals surface area (Å²) < 4.78 is 37.9. The molecule has 1 aliphatic rings. The molecular weight excluding hydrogens is 341 g/mol. The van der Waals surface area contributed by atoms with Crippen LogP contribution >= 0.6 is 0 Å². The van der Waals surface area contributed by atoms with Crippen molar-refractivity contribution in [1.82, 2.24) is 9.97 Å². The van der Waals surface area contributed by atoms with Crippen LogP contribution < -0.4 is 10.2 Å². The van der Waals surface area contributed by atoms with Gasteiger partial charge in [0.1, 0.15) is 18.0 Å². The summed E-state index contributed by atoms with van der Waals surface area (Å²) in [6.07, 6.45) is -1.95. The zero-order valence-corrected chi connectivity index (χ0v) is 13.7. The number of anilines is 4. The van der Waals surface area contributed by atoms with Crippen LogP contribution in [0.1, 0.15) is 11.1 Å². The number of rotatable bonds is 3. The number of hydrogen-bond acceptors (Lipinski definition) is 4. The molecule has 4 nitrogen and oxygen atoms in total. The zero-order chi connectivity index (χ0) is 18.1. The van der Waals surface area contributed by atoms with Gasteiger partial charge < -0.3 is 10.2 Å². The van der Waals surface area contributed by atoms with Gasteiger partial charge in [-0.2, -0.15) is 13.2 Å². The van der Waals surface area contributed by atoms with Gasteiger partial charge in [0.25, 0.3) is 0 Å². The van der Waals surface area contributed by atoms with E-state index in [-0.39, 0.29) is 0 Å². The summed E-state index contributed by atoms with van der Waals surface area (Å²) in [4.78, 5) is 10.6. The van der Waals surface area contributed by atoms with Crippen molar-refractivity contribution in [2.24, 2.45) is 0 Å². The molecular formula is C19H15F3N4. The Morgan fingerprint density at radius 2 is 1.73 bits per heavy atom. The van der Waals surface area contributed by atoms with Gasteiger partial charge in [-0.1, -0.05) is 18.2 Å². The first-order valence-corrected chi connectivity index (χ1v) is 8.12. The summed E-state index contributed by atoms with van der Waals surface area (Å²) in [5.41, 5.74) is 2.24. The number of alkyl halides is 3. The van der Waals surface area contributed by atoms with Gasteiger partial charge in [-0.15, -0.1) is 0 Å². The molecule has 3 aromatic rings. The van der Waals surface area contributed by atoms with Crippen LogP contribution in [0.3, 0.4) is 0 Å². The lowest BCUT2D eigenvalue weighted by Crippen LogP contribution is -2.15. The summed E-state index contributed by atoms with van der Waals surface area (Å²) in [6, 6.07) is 14.8. The van der Waals surface area contributed by atoms with E-state index in [1.807, 2.05) is 18.2 Å². The van der Waals surface area contributed by atoms with Gasteiger partial charge in [-0.3, -0.25) is 0 Å². The molecule has 0 radical (unpaired) electrons. The Bertz CT molecular complexity index is 923. The SMILES string of the molecule is FC(F)(F)c1ccc(Nc2cc(N3CCc4ccccc43)ncn2)cc1. The maximum Gasteiger partial charge on any atom is 0.416 e. The molecule has 4 rings (SSSR count). The molecule has 1 N–H and O–H groups in total. The molecule has 0 aliphatic carbocycles. The monoisotopic (exact) mass is 356 g/mol. The molecule has 26 heavy (non-hydrogen) atoms. The second kappa shape index (κ2) is 6.33. The number of benzene rings is 2. The van der Waals surface area contributed by atoms with Crippen molar-refractivity contribution in [3.05, 3.63) is 72.1 Å². The Morgan fingerprint density at radius 1 is 0.962 bits per heavy atom. The minimum Gasteiger partial charge on any atom is -0.340 e. The Hall–Kier alpha value is -3.09. The third-order valence-electron chi connectivity index (χ3n) is 4.30. The maximum atomic E-state index is 12.6. The van der Waals surface area contributed by atoms with E-state index in [4.69, 9.17) is 0 Å². The summed E-state index contributed by atoms with van der Waals surface area (Å²) in [6.45, 7) is 0.829. The summed E-state index contributed by atoms with van der Waals surface area (Å²) in [5.74, 6) is 1.28. The van der Waals surface area contributed by atoms with Crippen LogP contribution in [0.4, 0.5) is 36.2 Å². The molecule has 0 spiro atoms. The molecule has 1 aromatic heterocycles. The molecule has 2 aromatic carbocycles. The Kier molecular flexibility index (Phi) is 3.99. The number of halogens is 3. The zero-order valence-electron chi connectivity index (χ0n) is 13.7. The Labute approximate surface area is 148 Å². The lowest BCUT2D eigenvalue weighted by atomic mass is 10.2. The van der Waals surface area contributed by atoms with E-state index in [2.05, 4.69) is 26.3 Å². The molecule has 0 saturated heterocycles. The number of aromatic nitrogens is 2. The Morgan fingerprint density at radius 3 is 2.50 bits per heavy atom. The third-order valence-corrected chi connectivity index (χ3v) is 4.30.